The molecular formula is C15H24N2O. The van der Waals surface area contributed by atoms with Crippen molar-refractivity contribution in [2.24, 2.45) is 23.7 Å². The Balaban J connectivity index is 1.42. The van der Waals surface area contributed by atoms with E-state index in [4.69, 9.17) is 0 Å². The largest absolute Gasteiger partial charge is 0.341 e. The van der Waals surface area contributed by atoms with Crippen molar-refractivity contribution >= 4 is 5.91 Å². The normalized spacial score (nSPS) is 46.8. The van der Waals surface area contributed by atoms with E-state index in [0.29, 0.717) is 17.9 Å². The van der Waals surface area contributed by atoms with Crippen molar-refractivity contribution in [2.45, 2.75) is 44.6 Å². The molecule has 2 aliphatic carbocycles. The third-order valence-electron chi connectivity index (χ3n) is 5.97. The molecule has 2 saturated carbocycles. The number of piperidine rings is 1. The molecule has 5 atom stereocenters. The lowest BCUT2D eigenvalue weighted by molar-refractivity contribution is -0.132. The summed E-state index contributed by atoms with van der Waals surface area (Å²) in [5, 5.41) is 3.54. The number of amides is 1. The molecule has 3 nitrogen and oxygen atoms in total. The summed E-state index contributed by atoms with van der Waals surface area (Å²) in [7, 11) is 0. The van der Waals surface area contributed by atoms with Crippen molar-refractivity contribution in [3.05, 3.63) is 0 Å². The monoisotopic (exact) mass is 248 g/mol. The van der Waals surface area contributed by atoms with Gasteiger partial charge in [0.1, 0.15) is 0 Å². The van der Waals surface area contributed by atoms with Crippen LogP contribution in [0.3, 0.4) is 0 Å². The second kappa shape index (κ2) is 4.22. The Bertz CT molecular complexity index is 356. The zero-order chi connectivity index (χ0) is 12.1. The maximum atomic E-state index is 12.4. The van der Waals surface area contributed by atoms with Gasteiger partial charge in [-0.1, -0.05) is 6.42 Å². The summed E-state index contributed by atoms with van der Waals surface area (Å²) in [6, 6.07) is 0.463. The number of likely N-dealkylation sites (tertiary alicyclic amines) is 1. The summed E-state index contributed by atoms with van der Waals surface area (Å²) in [5.74, 6) is 3.52. The molecule has 3 heteroatoms. The molecule has 2 saturated heterocycles. The average Bonchev–Trinajstić information content (AvgIpc) is 3.06. The molecule has 4 fully saturated rings. The van der Waals surface area contributed by atoms with Gasteiger partial charge in [0.15, 0.2) is 0 Å². The average molecular weight is 248 g/mol. The van der Waals surface area contributed by atoms with E-state index in [1.807, 2.05) is 0 Å². The molecule has 0 aromatic carbocycles. The van der Waals surface area contributed by atoms with Crippen molar-refractivity contribution in [3.63, 3.8) is 0 Å². The van der Waals surface area contributed by atoms with Crippen LogP contribution >= 0.6 is 0 Å². The van der Waals surface area contributed by atoms with E-state index in [2.05, 4.69) is 10.2 Å². The van der Waals surface area contributed by atoms with Crippen LogP contribution in [0.5, 0.6) is 0 Å². The van der Waals surface area contributed by atoms with Gasteiger partial charge >= 0.3 is 0 Å². The number of hydrogen-bond acceptors (Lipinski definition) is 2. The minimum atomic E-state index is 0.303. The molecule has 1 amide bonds. The van der Waals surface area contributed by atoms with Crippen LogP contribution < -0.4 is 5.32 Å². The number of fused-ring (bicyclic) bond motifs is 3. The van der Waals surface area contributed by atoms with Gasteiger partial charge in [0.2, 0.25) is 5.91 Å². The van der Waals surface area contributed by atoms with Crippen LogP contribution in [0.25, 0.3) is 0 Å². The van der Waals surface area contributed by atoms with Crippen LogP contribution in [-0.2, 0) is 4.79 Å². The van der Waals surface area contributed by atoms with E-state index in [1.54, 1.807) is 0 Å². The third kappa shape index (κ3) is 1.70. The van der Waals surface area contributed by atoms with E-state index in [9.17, 15) is 4.79 Å². The molecule has 100 valence electrons. The molecule has 0 aromatic rings. The van der Waals surface area contributed by atoms with E-state index in [1.165, 1.54) is 32.1 Å². The molecule has 2 aliphatic heterocycles. The number of rotatable bonds is 2. The zero-order valence-corrected chi connectivity index (χ0v) is 11.1. The topological polar surface area (TPSA) is 32.3 Å². The number of nitrogens with zero attached hydrogens (tertiary/aromatic N) is 1. The Kier molecular flexibility index (Phi) is 2.65. The maximum absolute atomic E-state index is 12.4. The fraction of sp³-hybridized carbons (Fsp3) is 0.933. The van der Waals surface area contributed by atoms with E-state index in [-0.39, 0.29) is 0 Å². The van der Waals surface area contributed by atoms with Crippen LogP contribution in [0.2, 0.25) is 0 Å². The van der Waals surface area contributed by atoms with Gasteiger partial charge in [0.05, 0.1) is 5.92 Å². The maximum Gasteiger partial charge on any atom is 0.227 e. The number of carbonyl (C=O) groups is 1. The quantitative estimate of drug-likeness (QED) is 0.805. The summed E-state index contributed by atoms with van der Waals surface area (Å²) in [4.78, 5) is 14.6. The summed E-state index contributed by atoms with van der Waals surface area (Å²) in [6.07, 6.45) is 8.04. The van der Waals surface area contributed by atoms with Crippen LogP contribution in [0, 0.1) is 23.7 Å². The highest BCUT2D eigenvalue weighted by molar-refractivity contribution is 5.82. The lowest BCUT2D eigenvalue weighted by Crippen LogP contribution is -2.41. The summed E-state index contributed by atoms with van der Waals surface area (Å²) < 4.78 is 0. The predicted octanol–water partition coefficient (Wildman–Crippen LogP) is 1.63. The summed E-state index contributed by atoms with van der Waals surface area (Å²) >= 11 is 0. The first kappa shape index (κ1) is 11.3. The van der Waals surface area contributed by atoms with Crippen molar-refractivity contribution in [1.29, 1.82) is 0 Å². The number of carbonyl (C=O) groups excluding carboxylic acids is 1. The van der Waals surface area contributed by atoms with Crippen LogP contribution in [0.1, 0.15) is 38.5 Å². The van der Waals surface area contributed by atoms with Gasteiger partial charge < -0.3 is 10.2 Å². The van der Waals surface area contributed by atoms with Crippen molar-refractivity contribution in [2.75, 3.05) is 19.6 Å². The first-order valence-corrected chi connectivity index (χ1v) is 7.83. The molecule has 4 rings (SSSR count). The van der Waals surface area contributed by atoms with Gasteiger partial charge in [-0.3, -0.25) is 4.79 Å². The fourth-order valence-corrected chi connectivity index (χ4v) is 5.05. The molecule has 5 unspecified atom stereocenters. The molecule has 0 aromatic heterocycles. The Hall–Kier alpha value is -0.570. The molecular weight excluding hydrogens is 224 g/mol. The minimum Gasteiger partial charge on any atom is -0.341 e. The van der Waals surface area contributed by atoms with Crippen molar-refractivity contribution < 1.29 is 4.79 Å². The third-order valence-corrected chi connectivity index (χ3v) is 5.97. The smallest absolute Gasteiger partial charge is 0.227 e. The number of hydrogen-bond donors (Lipinski definition) is 1. The Morgan fingerprint density at radius 3 is 2.89 bits per heavy atom. The van der Waals surface area contributed by atoms with E-state index >= 15 is 0 Å². The summed E-state index contributed by atoms with van der Waals surface area (Å²) in [5.41, 5.74) is 0. The van der Waals surface area contributed by atoms with Gasteiger partial charge in [0, 0.05) is 19.1 Å². The highest BCUT2D eigenvalue weighted by Gasteiger charge is 2.45. The molecule has 0 spiro atoms. The van der Waals surface area contributed by atoms with Gasteiger partial charge in [-0.2, -0.15) is 0 Å². The molecule has 4 aliphatic rings. The number of nitrogens with one attached hydrogen (secondary N) is 1. The first-order chi connectivity index (χ1) is 8.81. The van der Waals surface area contributed by atoms with Crippen molar-refractivity contribution in [3.8, 4) is 0 Å². The van der Waals surface area contributed by atoms with Crippen LogP contribution in [0.15, 0.2) is 0 Å². The standard InChI is InChI=1S/C15H24N2O/c18-15-13-2-1-5-16-14(13)9-17(15)8-12-7-10-3-4-11(12)6-10/h10-14,16H,1-9H2. The van der Waals surface area contributed by atoms with Gasteiger partial charge in [0.25, 0.3) is 0 Å². The van der Waals surface area contributed by atoms with Crippen LogP contribution in [0.4, 0.5) is 0 Å². The molecule has 18 heavy (non-hydrogen) atoms. The fourth-order valence-electron chi connectivity index (χ4n) is 5.05. The highest BCUT2D eigenvalue weighted by Crippen LogP contribution is 2.48. The van der Waals surface area contributed by atoms with Gasteiger partial charge in [-0.15, -0.1) is 0 Å². The minimum absolute atomic E-state index is 0.303. The van der Waals surface area contributed by atoms with Crippen molar-refractivity contribution in [1.82, 2.24) is 10.2 Å². The Labute approximate surface area is 109 Å². The van der Waals surface area contributed by atoms with E-state index in [0.717, 1.165) is 43.8 Å². The highest BCUT2D eigenvalue weighted by atomic mass is 16.2. The summed E-state index contributed by atoms with van der Waals surface area (Å²) in [6.45, 7) is 3.16. The second-order valence-electron chi connectivity index (χ2n) is 6.99. The molecule has 2 heterocycles. The lowest BCUT2D eigenvalue weighted by atomic mass is 9.88. The lowest BCUT2D eigenvalue weighted by Gasteiger charge is -2.27. The predicted molar refractivity (Wildman–Crippen MR) is 70.0 cm³/mol. The Morgan fingerprint density at radius 2 is 2.17 bits per heavy atom. The van der Waals surface area contributed by atoms with Crippen LogP contribution in [-0.4, -0.2) is 36.5 Å². The molecule has 1 N–H and O–H groups in total. The van der Waals surface area contributed by atoms with E-state index < -0.39 is 0 Å². The van der Waals surface area contributed by atoms with Gasteiger partial charge in [-0.05, 0) is 56.4 Å². The van der Waals surface area contributed by atoms with Gasteiger partial charge in [-0.25, -0.2) is 0 Å². The molecule has 2 bridgehead atoms. The first-order valence-electron chi connectivity index (χ1n) is 7.83. The second-order valence-corrected chi connectivity index (χ2v) is 6.99. The SMILES string of the molecule is O=C1C2CCCNC2CN1CC1CC2CCC1C2. The zero-order valence-electron chi connectivity index (χ0n) is 11.1. The Morgan fingerprint density at radius 1 is 1.22 bits per heavy atom. The molecule has 0 radical (unpaired) electrons.